The maximum atomic E-state index is 13.7. The van der Waals surface area contributed by atoms with Gasteiger partial charge in [-0.05, 0) is 43.3 Å². The molecule has 2 aromatic carbocycles. The normalized spacial score (nSPS) is 15.2. The molecule has 0 atom stereocenters. The molecule has 0 aliphatic carbocycles. The number of rotatable bonds is 7. The summed E-state index contributed by atoms with van der Waals surface area (Å²) in [5.74, 6) is -1.36. The molecule has 9 heteroatoms. The number of amides is 1. The summed E-state index contributed by atoms with van der Waals surface area (Å²) >= 11 is 0. The van der Waals surface area contributed by atoms with Gasteiger partial charge in [0.2, 0.25) is 15.9 Å². The predicted molar refractivity (Wildman–Crippen MR) is 108 cm³/mol. The van der Waals surface area contributed by atoms with Gasteiger partial charge in [-0.25, -0.2) is 21.9 Å². The minimum atomic E-state index is -3.48. The summed E-state index contributed by atoms with van der Waals surface area (Å²) in [6, 6.07) is 9.65. The third kappa shape index (κ3) is 5.54. The quantitative estimate of drug-likeness (QED) is 0.721. The summed E-state index contributed by atoms with van der Waals surface area (Å²) in [5.41, 5.74) is 0.878. The Morgan fingerprint density at radius 2 is 1.80 bits per heavy atom. The summed E-state index contributed by atoms with van der Waals surface area (Å²) in [7, 11) is -2.12. The van der Waals surface area contributed by atoms with Crippen LogP contribution in [0.2, 0.25) is 0 Å². The number of likely N-dealkylation sites (tertiary alicyclic amines) is 1. The first kappa shape index (κ1) is 22.2. The molecule has 1 saturated heterocycles. The number of carbonyl (C=O) groups excluding carboxylic acids is 1. The smallest absolute Gasteiger partial charge is 0.240 e. The molecule has 0 spiro atoms. The van der Waals surface area contributed by atoms with Gasteiger partial charge in [0.05, 0.1) is 4.90 Å². The highest BCUT2D eigenvalue weighted by Crippen LogP contribution is 2.23. The van der Waals surface area contributed by atoms with Crippen molar-refractivity contribution in [2.24, 2.45) is 0 Å². The highest BCUT2D eigenvalue weighted by Gasteiger charge is 2.24. The Balaban J connectivity index is 1.46. The van der Waals surface area contributed by atoms with Gasteiger partial charge in [-0.1, -0.05) is 12.1 Å². The molecule has 0 saturated carbocycles. The largest absolute Gasteiger partial charge is 0.487 e. The predicted octanol–water partition coefficient (Wildman–Crippen LogP) is 2.88. The summed E-state index contributed by atoms with van der Waals surface area (Å²) in [6.45, 7) is 1.01. The van der Waals surface area contributed by atoms with Gasteiger partial charge in [0.1, 0.15) is 11.9 Å². The minimum absolute atomic E-state index is 0.00772. The van der Waals surface area contributed by atoms with E-state index in [2.05, 4.69) is 4.72 Å². The number of carbonyl (C=O) groups is 1. The number of halogens is 2. The van der Waals surface area contributed by atoms with Gasteiger partial charge >= 0.3 is 0 Å². The number of hydrogen-bond acceptors (Lipinski definition) is 4. The first-order valence-electron chi connectivity index (χ1n) is 9.70. The van der Waals surface area contributed by atoms with Crippen molar-refractivity contribution in [3.63, 3.8) is 0 Å². The van der Waals surface area contributed by atoms with Gasteiger partial charge in [-0.15, -0.1) is 0 Å². The lowest BCUT2D eigenvalue weighted by Crippen LogP contribution is -2.41. The van der Waals surface area contributed by atoms with Crippen LogP contribution in [-0.2, 0) is 21.2 Å². The Morgan fingerprint density at radius 1 is 1.13 bits per heavy atom. The Labute approximate surface area is 174 Å². The van der Waals surface area contributed by atoms with Crippen molar-refractivity contribution >= 4 is 15.9 Å². The fraction of sp³-hybridized carbons (Fsp3) is 0.381. The molecular weight excluding hydrogens is 414 g/mol. The topological polar surface area (TPSA) is 75.7 Å². The number of sulfonamides is 1. The van der Waals surface area contributed by atoms with Gasteiger partial charge in [0, 0.05) is 38.4 Å². The van der Waals surface area contributed by atoms with Crippen LogP contribution in [0.5, 0.6) is 5.75 Å². The monoisotopic (exact) mass is 438 g/mol. The number of benzene rings is 2. The maximum Gasteiger partial charge on any atom is 0.240 e. The zero-order valence-electron chi connectivity index (χ0n) is 16.6. The molecule has 0 bridgehead atoms. The second-order valence-electron chi connectivity index (χ2n) is 7.12. The SMILES string of the molecule is CNS(=O)(=O)c1ccc(CCC(=O)N2CCC(Oc3ccc(F)cc3F)CC2)cc1. The summed E-state index contributed by atoms with van der Waals surface area (Å²) in [5, 5.41) is 0. The van der Waals surface area contributed by atoms with Crippen LogP contribution in [0.15, 0.2) is 47.4 Å². The van der Waals surface area contributed by atoms with Crippen molar-refractivity contribution < 1.29 is 26.7 Å². The number of aryl methyl sites for hydroxylation is 1. The molecule has 1 amide bonds. The first-order valence-corrected chi connectivity index (χ1v) is 11.2. The minimum Gasteiger partial charge on any atom is -0.487 e. The van der Waals surface area contributed by atoms with E-state index in [0.29, 0.717) is 38.8 Å². The van der Waals surface area contributed by atoms with E-state index in [1.807, 2.05) is 0 Å². The van der Waals surface area contributed by atoms with Crippen LogP contribution in [0.3, 0.4) is 0 Å². The van der Waals surface area contributed by atoms with Crippen molar-refractivity contribution in [2.75, 3.05) is 20.1 Å². The lowest BCUT2D eigenvalue weighted by atomic mass is 10.1. The zero-order valence-corrected chi connectivity index (χ0v) is 17.4. The second kappa shape index (κ2) is 9.53. The van der Waals surface area contributed by atoms with E-state index in [0.717, 1.165) is 17.7 Å². The van der Waals surface area contributed by atoms with Crippen molar-refractivity contribution in [1.29, 1.82) is 0 Å². The molecule has 30 heavy (non-hydrogen) atoms. The van der Waals surface area contributed by atoms with E-state index in [1.54, 1.807) is 17.0 Å². The highest BCUT2D eigenvalue weighted by atomic mass is 32.2. The van der Waals surface area contributed by atoms with Gasteiger partial charge in [-0.2, -0.15) is 0 Å². The molecule has 0 unspecified atom stereocenters. The maximum absolute atomic E-state index is 13.7. The summed E-state index contributed by atoms with van der Waals surface area (Å²) in [6.07, 6.45) is 1.74. The lowest BCUT2D eigenvalue weighted by Gasteiger charge is -2.32. The zero-order chi connectivity index (χ0) is 21.7. The first-order chi connectivity index (χ1) is 14.3. The molecule has 1 aliphatic heterocycles. The van der Waals surface area contributed by atoms with Crippen molar-refractivity contribution in [1.82, 2.24) is 9.62 Å². The molecule has 0 radical (unpaired) electrons. The molecule has 1 fully saturated rings. The number of piperidine rings is 1. The third-order valence-electron chi connectivity index (χ3n) is 5.11. The third-order valence-corrected chi connectivity index (χ3v) is 6.54. The summed E-state index contributed by atoms with van der Waals surface area (Å²) < 4.78 is 58.0. The van der Waals surface area contributed by atoms with E-state index in [-0.39, 0.29) is 22.7 Å². The lowest BCUT2D eigenvalue weighted by molar-refractivity contribution is -0.132. The number of nitrogens with zero attached hydrogens (tertiary/aromatic N) is 1. The average Bonchev–Trinajstić information content (AvgIpc) is 2.75. The van der Waals surface area contributed by atoms with Crippen molar-refractivity contribution in [3.8, 4) is 5.75 Å². The molecule has 1 N–H and O–H groups in total. The van der Waals surface area contributed by atoms with E-state index >= 15 is 0 Å². The molecule has 3 rings (SSSR count). The number of ether oxygens (including phenoxy) is 1. The van der Waals surface area contributed by atoms with Gasteiger partial charge < -0.3 is 9.64 Å². The number of hydrogen-bond donors (Lipinski definition) is 1. The van der Waals surface area contributed by atoms with Crippen molar-refractivity contribution in [2.45, 2.75) is 36.7 Å². The van der Waals surface area contributed by atoms with Crippen LogP contribution in [0.25, 0.3) is 0 Å². The Bertz CT molecular complexity index is 989. The van der Waals surface area contributed by atoms with Crippen molar-refractivity contribution in [3.05, 3.63) is 59.7 Å². The van der Waals surface area contributed by atoms with E-state index in [9.17, 15) is 22.0 Å². The second-order valence-corrected chi connectivity index (χ2v) is 9.01. The van der Waals surface area contributed by atoms with Crippen LogP contribution in [-0.4, -0.2) is 45.5 Å². The van der Waals surface area contributed by atoms with Crippen LogP contribution in [0, 0.1) is 11.6 Å². The Hall–Kier alpha value is -2.52. The molecule has 1 heterocycles. The van der Waals surface area contributed by atoms with Gasteiger partial charge in [0.15, 0.2) is 11.6 Å². The molecule has 6 nitrogen and oxygen atoms in total. The van der Waals surface area contributed by atoms with E-state index in [1.165, 1.54) is 25.2 Å². The highest BCUT2D eigenvalue weighted by molar-refractivity contribution is 7.89. The fourth-order valence-corrected chi connectivity index (χ4v) is 4.07. The molecule has 1 aliphatic rings. The van der Waals surface area contributed by atoms with Crippen LogP contribution < -0.4 is 9.46 Å². The summed E-state index contributed by atoms with van der Waals surface area (Å²) in [4.78, 5) is 14.4. The molecule has 0 aromatic heterocycles. The standard InChI is InChI=1S/C21H24F2N2O4S/c1-24-30(27,28)18-6-2-15(3-7-18)4-9-21(26)25-12-10-17(11-13-25)29-20-8-5-16(22)14-19(20)23/h2-3,5-8,14,17,24H,4,9-13H2,1H3. The van der Waals surface area contributed by atoms with E-state index < -0.39 is 21.7 Å². The van der Waals surface area contributed by atoms with Gasteiger partial charge in [0.25, 0.3) is 0 Å². The van der Waals surface area contributed by atoms with Crippen LogP contribution >= 0.6 is 0 Å². The molecular formula is C21H24F2N2O4S. The fourth-order valence-electron chi connectivity index (χ4n) is 3.34. The van der Waals surface area contributed by atoms with Crippen LogP contribution in [0.4, 0.5) is 8.78 Å². The Morgan fingerprint density at radius 3 is 2.40 bits per heavy atom. The average molecular weight is 438 g/mol. The molecule has 2 aromatic rings. The van der Waals surface area contributed by atoms with Gasteiger partial charge in [-0.3, -0.25) is 4.79 Å². The van der Waals surface area contributed by atoms with Crippen LogP contribution in [0.1, 0.15) is 24.8 Å². The number of nitrogens with one attached hydrogen (secondary N) is 1. The Kier molecular flexibility index (Phi) is 7.04. The molecule has 162 valence electrons. The van der Waals surface area contributed by atoms with E-state index in [4.69, 9.17) is 4.74 Å².